The number of nitrogens with zero attached hydrogens (tertiary/aromatic N) is 3. The van der Waals surface area contributed by atoms with Crippen molar-refractivity contribution in [2.24, 2.45) is 5.73 Å². The molecule has 4 N–H and O–H groups in total. The zero-order valence-electron chi connectivity index (χ0n) is 14.0. The second-order valence-corrected chi connectivity index (χ2v) is 6.95. The van der Waals surface area contributed by atoms with E-state index in [4.69, 9.17) is 11.5 Å². The number of hydrogen-bond donors (Lipinski definition) is 2. The summed E-state index contributed by atoms with van der Waals surface area (Å²) in [6, 6.07) is 8.81. The lowest BCUT2D eigenvalue weighted by Crippen LogP contribution is -2.28. The summed E-state index contributed by atoms with van der Waals surface area (Å²) in [4.78, 5) is 11.6. The lowest BCUT2D eigenvalue weighted by Gasteiger charge is -2.23. The Balaban J connectivity index is 1.89. The van der Waals surface area contributed by atoms with Crippen LogP contribution >= 0.6 is 0 Å². The Kier molecular flexibility index (Phi) is 4.10. The second kappa shape index (κ2) is 6.40. The van der Waals surface area contributed by atoms with E-state index in [1.165, 1.54) is 36.0 Å². The van der Waals surface area contributed by atoms with Gasteiger partial charge in [0.2, 0.25) is 5.95 Å². The molecule has 1 fully saturated rings. The summed E-state index contributed by atoms with van der Waals surface area (Å²) in [5, 5.41) is 0. The van der Waals surface area contributed by atoms with Crippen molar-refractivity contribution in [3.63, 3.8) is 0 Å². The van der Waals surface area contributed by atoms with Gasteiger partial charge in [-0.05, 0) is 37.7 Å². The first-order chi connectivity index (χ1) is 11.7. The zero-order chi connectivity index (χ0) is 16.5. The number of fused-ring (bicyclic) bond motifs is 3. The third kappa shape index (κ3) is 2.84. The van der Waals surface area contributed by atoms with Gasteiger partial charge in [-0.2, -0.15) is 4.98 Å². The number of nitrogens with two attached hydrogens (primary N) is 2. The van der Waals surface area contributed by atoms with E-state index in [9.17, 15) is 0 Å². The van der Waals surface area contributed by atoms with Crippen molar-refractivity contribution in [2.75, 3.05) is 23.7 Å². The molecule has 5 heteroatoms. The molecule has 1 aliphatic carbocycles. The van der Waals surface area contributed by atoms with Crippen LogP contribution in [0, 0.1) is 0 Å². The van der Waals surface area contributed by atoms with Crippen LogP contribution in [0.3, 0.4) is 0 Å². The first-order valence-corrected chi connectivity index (χ1v) is 8.97. The molecule has 2 aliphatic rings. The summed E-state index contributed by atoms with van der Waals surface area (Å²) >= 11 is 0. The van der Waals surface area contributed by atoms with E-state index in [-0.39, 0.29) is 6.04 Å². The largest absolute Gasteiger partial charge is 0.368 e. The lowest BCUT2D eigenvalue weighted by molar-refractivity contribution is 0.680. The second-order valence-electron chi connectivity index (χ2n) is 6.95. The van der Waals surface area contributed by atoms with E-state index in [0.717, 1.165) is 43.9 Å². The van der Waals surface area contributed by atoms with Crippen LogP contribution in [0.1, 0.15) is 36.8 Å². The molecule has 2 aromatic rings. The fourth-order valence-electron chi connectivity index (χ4n) is 3.95. The average molecular weight is 323 g/mol. The van der Waals surface area contributed by atoms with Crippen LogP contribution in [0.15, 0.2) is 24.3 Å². The molecule has 1 aromatic heterocycles. The normalized spacial score (nSPS) is 20.7. The predicted octanol–water partition coefficient (Wildman–Crippen LogP) is 2.53. The molecule has 0 unspecified atom stereocenters. The maximum Gasteiger partial charge on any atom is 0.222 e. The maximum absolute atomic E-state index is 6.12. The van der Waals surface area contributed by atoms with Crippen LogP contribution < -0.4 is 16.4 Å². The molecule has 0 radical (unpaired) electrons. The number of rotatable bonds is 1. The van der Waals surface area contributed by atoms with Crippen LogP contribution in [-0.4, -0.2) is 29.1 Å². The van der Waals surface area contributed by atoms with Crippen molar-refractivity contribution >= 4 is 11.8 Å². The highest BCUT2D eigenvalue weighted by molar-refractivity contribution is 5.73. The minimum atomic E-state index is 0.223. The molecule has 0 saturated carbocycles. The van der Waals surface area contributed by atoms with Gasteiger partial charge >= 0.3 is 0 Å². The van der Waals surface area contributed by atoms with Crippen molar-refractivity contribution < 1.29 is 0 Å². The Morgan fingerprint density at radius 2 is 1.88 bits per heavy atom. The highest BCUT2D eigenvalue weighted by Gasteiger charge is 2.26. The minimum Gasteiger partial charge on any atom is -0.368 e. The predicted molar refractivity (Wildman–Crippen MR) is 97.9 cm³/mol. The van der Waals surface area contributed by atoms with Gasteiger partial charge in [-0.1, -0.05) is 30.7 Å². The summed E-state index contributed by atoms with van der Waals surface area (Å²) < 4.78 is 0. The summed E-state index contributed by atoms with van der Waals surface area (Å²) in [7, 11) is 0. The fraction of sp³-hybridized carbons (Fsp3) is 0.474. The topological polar surface area (TPSA) is 81.1 Å². The molecule has 1 saturated heterocycles. The number of nitrogen functional groups attached to an aromatic ring is 1. The van der Waals surface area contributed by atoms with Crippen molar-refractivity contribution in [3.05, 3.63) is 35.4 Å². The number of aryl methyl sites for hydroxylation is 1. The number of aromatic nitrogens is 2. The Labute approximate surface area is 143 Å². The Morgan fingerprint density at radius 1 is 1.04 bits per heavy atom. The molecule has 5 nitrogen and oxygen atoms in total. The smallest absolute Gasteiger partial charge is 0.222 e. The maximum atomic E-state index is 6.12. The van der Waals surface area contributed by atoms with Gasteiger partial charge < -0.3 is 16.4 Å². The molecular formula is C19H25N5. The summed E-state index contributed by atoms with van der Waals surface area (Å²) in [5.74, 6) is 1.36. The van der Waals surface area contributed by atoms with Gasteiger partial charge in [-0.3, -0.25) is 0 Å². The number of anilines is 2. The molecule has 1 aliphatic heterocycles. The monoisotopic (exact) mass is 323 g/mol. The molecule has 0 spiro atoms. The first-order valence-electron chi connectivity index (χ1n) is 8.97. The van der Waals surface area contributed by atoms with E-state index < -0.39 is 0 Å². The van der Waals surface area contributed by atoms with E-state index >= 15 is 0 Å². The molecular weight excluding hydrogens is 298 g/mol. The lowest BCUT2D eigenvalue weighted by atomic mass is 9.97. The average Bonchev–Trinajstić information content (AvgIpc) is 3.04. The van der Waals surface area contributed by atoms with Gasteiger partial charge in [0.05, 0.1) is 5.69 Å². The van der Waals surface area contributed by atoms with Gasteiger partial charge in [0, 0.05) is 30.3 Å². The standard InChI is InChI=1S/C19H25N5/c20-14-10-11-24(12-14)18-16-9-3-1-2-6-13-7-4-5-8-15(13)17(16)22-19(21)23-18/h4-5,7-8,14H,1-3,6,9-12,20H2,(H2,21,22,23)/t14-/m0/s1. The van der Waals surface area contributed by atoms with Crippen LogP contribution in [-0.2, 0) is 12.8 Å². The number of hydrogen-bond acceptors (Lipinski definition) is 5. The molecule has 1 atom stereocenters. The highest BCUT2D eigenvalue weighted by Crippen LogP contribution is 2.35. The fourth-order valence-corrected chi connectivity index (χ4v) is 3.95. The first kappa shape index (κ1) is 15.4. The molecule has 4 rings (SSSR count). The van der Waals surface area contributed by atoms with Crippen molar-refractivity contribution in [2.45, 2.75) is 44.6 Å². The molecule has 0 amide bonds. The molecule has 126 valence electrons. The van der Waals surface area contributed by atoms with Gasteiger partial charge in [0.25, 0.3) is 0 Å². The minimum absolute atomic E-state index is 0.223. The summed E-state index contributed by atoms with van der Waals surface area (Å²) in [5.41, 5.74) is 17.1. The number of benzene rings is 1. The van der Waals surface area contributed by atoms with Crippen molar-refractivity contribution in [1.29, 1.82) is 0 Å². The van der Waals surface area contributed by atoms with E-state index in [1.54, 1.807) is 0 Å². The SMILES string of the molecule is Nc1nc2c(c(N3CC[C@H](N)C3)n1)CCCCCc1ccccc1-2. The van der Waals surface area contributed by atoms with Gasteiger partial charge in [0.1, 0.15) is 5.82 Å². The third-order valence-electron chi connectivity index (χ3n) is 5.17. The molecule has 24 heavy (non-hydrogen) atoms. The molecule has 2 heterocycles. The van der Waals surface area contributed by atoms with Crippen LogP contribution in [0.2, 0.25) is 0 Å². The van der Waals surface area contributed by atoms with Crippen LogP contribution in [0.5, 0.6) is 0 Å². The Hall–Kier alpha value is -2.14. The van der Waals surface area contributed by atoms with Gasteiger partial charge in [0.15, 0.2) is 0 Å². The highest BCUT2D eigenvalue weighted by atomic mass is 15.2. The third-order valence-corrected chi connectivity index (χ3v) is 5.17. The summed E-state index contributed by atoms with van der Waals surface area (Å²) in [6.07, 6.45) is 6.74. The van der Waals surface area contributed by atoms with Gasteiger partial charge in [-0.25, -0.2) is 4.98 Å². The van der Waals surface area contributed by atoms with E-state index in [0.29, 0.717) is 5.95 Å². The van der Waals surface area contributed by atoms with E-state index in [2.05, 4.69) is 39.1 Å². The molecule has 1 aromatic carbocycles. The molecule has 0 bridgehead atoms. The van der Waals surface area contributed by atoms with Crippen LogP contribution in [0.25, 0.3) is 11.3 Å². The zero-order valence-corrected chi connectivity index (χ0v) is 14.0. The summed E-state index contributed by atoms with van der Waals surface area (Å²) in [6.45, 7) is 1.80. The quantitative estimate of drug-likeness (QED) is 0.843. The van der Waals surface area contributed by atoms with Crippen molar-refractivity contribution in [1.82, 2.24) is 9.97 Å². The Bertz CT molecular complexity index is 743. The van der Waals surface area contributed by atoms with Crippen LogP contribution in [0.4, 0.5) is 11.8 Å². The van der Waals surface area contributed by atoms with Gasteiger partial charge in [-0.15, -0.1) is 0 Å². The Morgan fingerprint density at radius 3 is 2.71 bits per heavy atom. The van der Waals surface area contributed by atoms with E-state index in [1.807, 2.05) is 0 Å². The van der Waals surface area contributed by atoms with Crippen molar-refractivity contribution in [3.8, 4) is 11.3 Å².